The minimum absolute atomic E-state index is 0.0408. The first kappa shape index (κ1) is 19.3. The molecule has 1 fully saturated rings. The molecular formula is C20H21N5O3S. The Bertz CT molecular complexity index is 992. The van der Waals surface area contributed by atoms with Gasteiger partial charge in [0, 0.05) is 48.4 Å². The standard InChI is InChI=1S/C20H21N5O3S/c1-13-9-17(24-28-13)23-19(27)14-4-7-25(8-5-14)18(26)10-16-12-29-20(22-16)15-3-2-6-21-11-15/h2-3,6,9,11-12,14H,4-5,7-8,10H2,1H3,(H,23,24,27). The summed E-state index contributed by atoms with van der Waals surface area (Å²) in [4.78, 5) is 35.5. The molecule has 4 rings (SSSR count). The molecule has 0 unspecified atom stereocenters. The minimum atomic E-state index is -0.132. The van der Waals surface area contributed by atoms with Gasteiger partial charge in [-0.2, -0.15) is 0 Å². The second-order valence-electron chi connectivity index (χ2n) is 7.03. The highest BCUT2D eigenvalue weighted by molar-refractivity contribution is 7.13. The number of hydrogen-bond acceptors (Lipinski definition) is 7. The van der Waals surface area contributed by atoms with Gasteiger partial charge in [-0.3, -0.25) is 14.6 Å². The van der Waals surface area contributed by atoms with Crippen molar-refractivity contribution in [3.05, 3.63) is 47.4 Å². The maximum Gasteiger partial charge on any atom is 0.228 e. The number of hydrogen-bond donors (Lipinski definition) is 1. The molecule has 0 saturated carbocycles. The van der Waals surface area contributed by atoms with Crippen LogP contribution in [0, 0.1) is 12.8 Å². The zero-order valence-corrected chi connectivity index (χ0v) is 16.8. The summed E-state index contributed by atoms with van der Waals surface area (Å²) < 4.78 is 4.96. The van der Waals surface area contributed by atoms with Gasteiger partial charge in [-0.05, 0) is 31.9 Å². The average molecular weight is 411 g/mol. The van der Waals surface area contributed by atoms with E-state index >= 15 is 0 Å². The van der Waals surface area contributed by atoms with Crippen molar-refractivity contribution in [1.29, 1.82) is 0 Å². The van der Waals surface area contributed by atoms with Crippen LogP contribution in [0.2, 0.25) is 0 Å². The number of pyridine rings is 1. The van der Waals surface area contributed by atoms with E-state index in [-0.39, 0.29) is 24.2 Å². The van der Waals surface area contributed by atoms with Crippen LogP contribution in [-0.4, -0.2) is 44.9 Å². The zero-order chi connectivity index (χ0) is 20.2. The third-order valence-corrected chi connectivity index (χ3v) is 5.83. The largest absolute Gasteiger partial charge is 0.360 e. The Morgan fingerprint density at radius 3 is 2.86 bits per heavy atom. The number of amides is 2. The summed E-state index contributed by atoms with van der Waals surface area (Å²) in [7, 11) is 0. The van der Waals surface area contributed by atoms with Crippen LogP contribution >= 0.6 is 11.3 Å². The normalized spacial score (nSPS) is 14.7. The summed E-state index contributed by atoms with van der Waals surface area (Å²) >= 11 is 1.51. The van der Waals surface area contributed by atoms with E-state index in [9.17, 15) is 9.59 Å². The molecule has 0 aliphatic carbocycles. The van der Waals surface area contributed by atoms with Crippen molar-refractivity contribution in [2.24, 2.45) is 5.92 Å². The Hall–Kier alpha value is -3.07. The lowest BCUT2D eigenvalue weighted by Gasteiger charge is -2.31. The van der Waals surface area contributed by atoms with Crippen molar-refractivity contribution < 1.29 is 14.1 Å². The Morgan fingerprint density at radius 1 is 1.34 bits per heavy atom. The molecule has 1 N–H and O–H groups in total. The summed E-state index contributed by atoms with van der Waals surface area (Å²) in [5.74, 6) is 0.908. The predicted octanol–water partition coefficient (Wildman–Crippen LogP) is 2.92. The molecule has 3 aromatic rings. The molecule has 0 radical (unpaired) electrons. The van der Waals surface area contributed by atoms with E-state index in [1.54, 1.807) is 25.4 Å². The first-order valence-corrected chi connectivity index (χ1v) is 10.3. The number of anilines is 1. The quantitative estimate of drug-likeness (QED) is 0.693. The van der Waals surface area contributed by atoms with E-state index in [1.807, 2.05) is 22.4 Å². The molecule has 4 heterocycles. The number of nitrogens with zero attached hydrogens (tertiary/aromatic N) is 4. The number of nitrogens with one attached hydrogen (secondary N) is 1. The Balaban J connectivity index is 1.28. The second-order valence-corrected chi connectivity index (χ2v) is 7.89. The summed E-state index contributed by atoms with van der Waals surface area (Å²) in [5, 5.41) is 9.33. The minimum Gasteiger partial charge on any atom is -0.360 e. The third-order valence-electron chi connectivity index (χ3n) is 4.89. The molecular weight excluding hydrogens is 390 g/mol. The number of rotatable bonds is 5. The van der Waals surface area contributed by atoms with Gasteiger partial charge in [-0.25, -0.2) is 4.98 Å². The van der Waals surface area contributed by atoms with Gasteiger partial charge < -0.3 is 14.7 Å². The Kier molecular flexibility index (Phi) is 5.66. The van der Waals surface area contributed by atoms with Crippen LogP contribution < -0.4 is 5.32 Å². The van der Waals surface area contributed by atoms with Crippen molar-refractivity contribution in [3.8, 4) is 10.6 Å². The van der Waals surface area contributed by atoms with Gasteiger partial charge >= 0.3 is 0 Å². The van der Waals surface area contributed by atoms with E-state index in [4.69, 9.17) is 4.52 Å². The van der Waals surface area contributed by atoms with Crippen LogP contribution in [0.5, 0.6) is 0 Å². The summed E-state index contributed by atoms with van der Waals surface area (Å²) in [6, 6.07) is 5.50. The monoisotopic (exact) mass is 411 g/mol. The molecule has 2 amide bonds. The lowest BCUT2D eigenvalue weighted by Crippen LogP contribution is -2.42. The number of piperidine rings is 1. The van der Waals surface area contributed by atoms with Crippen LogP contribution in [0.4, 0.5) is 5.82 Å². The van der Waals surface area contributed by atoms with Gasteiger partial charge in [-0.15, -0.1) is 11.3 Å². The molecule has 1 aliphatic rings. The van der Waals surface area contributed by atoms with Crippen LogP contribution in [0.1, 0.15) is 24.3 Å². The number of carbonyl (C=O) groups is 2. The fourth-order valence-corrected chi connectivity index (χ4v) is 4.13. The van der Waals surface area contributed by atoms with Crippen molar-refractivity contribution in [3.63, 3.8) is 0 Å². The Labute approximate surface area is 172 Å². The molecule has 29 heavy (non-hydrogen) atoms. The zero-order valence-electron chi connectivity index (χ0n) is 16.0. The van der Waals surface area contributed by atoms with Crippen molar-refractivity contribution in [1.82, 2.24) is 20.0 Å². The SMILES string of the molecule is Cc1cc(NC(=O)C2CCN(C(=O)Cc3csc(-c4cccnc4)n3)CC2)no1. The molecule has 0 spiro atoms. The lowest BCUT2D eigenvalue weighted by atomic mass is 9.95. The Morgan fingerprint density at radius 2 is 2.17 bits per heavy atom. The van der Waals surface area contributed by atoms with Gasteiger partial charge in [0.15, 0.2) is 5.82 Å². The first-order chi connectivity index (χ1) is 14.1. The first-order valence-electron chi connectivity index (χ1n) is 9.45. The second kappa shape index (κ2) is 8.52. The summed E-state index contributed by atoms with van der Waals surface area (Å²) in [6.07, 6.45) is 5.02. The molecule has 1 aliphatic heterocycles. The molecule has 0 bridgehead atoms. The fraction of sp³-hybridized carbons (Fsp3) is 0.350. The molecule has 150 valence electrons. The molecule has 0 atom stereocenters. The number of thiazole rings is 1. The lowest BCUT2D eigenvalue weighted by molar-refractivity contribution is -0.133. The van der Waals surface area contributed by atoms with E-state index in [0.717, 1.165) is 16.3 Å². The average Bonchev–Trinajstić information content (AvgIpc) is 3.37. The van der Waals surface area contributed by atoms with E-state index in [2.05, 4.69) is 20.4 Å². The molecule has 8 nitrogen and oxygen atoms in total. The van der Waals surface area contributed by atoms with Gasteiger partial charge in [0.1, 0.15) is 10.8 Å². The van der Waals surface area contributed by atoms with Crippen LogP contribution in [0.25, 0.3) is 10.6 Å². The highest BCUT2D eigenvalue weighted by atomic mass is 32.1. The highest BCUT2D eigenvalue weighted by Crippen LogP contribution is 2.24. The number of aromatic nitrogens is 3. The maximum absolute atomic E-state index is 12.6. The van der Waals surface area contributed by atoms with Crippen molar-refractivity contribution >= 4 is 29.0 Å². The molecule has 3 aromatic heterocycles. The van der Waals surface area contributed by atoms with Crippen LogP contribution in [0.15, 0.2) is 40.5 Å². The smallest absolute Gasteiger partial charge is 0.228 e. The topological polar surface area (TPSA) is 101 Å². The van der Waals surface area contributed by atoms with Gasteiger partial charge in [-0.1, -0.05) is 5.16 Å². The summed E-state index contributed by atoms with van der Waals surface area (Å²) in [5.41, 5.74) is 1.71. The van der Waals surface area contributed by atoms with E-state index in [0.29, 0.717) is 37.5 Å². The fourth-order valence-electron chi connectivity index (χ4n) is 3.32. The molecule has 1 saturated heterocycles. The van der Waals surface area contributed by atoms with Crippen molar-refractivity contribution in [2.75, 3.05) is 18.4 Å². The van der Waals surface area contributed by atoms with Crippen LogP contribution in [-0.2, 0) is 16.0 Å². The number of likely N-dealkylation sites (tertiary alicyclic amines) is 1. The van der Waals surface area contributed by atoms with E-state index in [1.165, 1.54) is 11.3 Å². The third kappa shape index (κ3) is 4.68. The molecule has 0 aromatic carbocycles. The summed E-state index contributed by atoms with van der Waals surface area (Å²) in [6.45, 7) is 2.90. The maximum atomic E-state index is 12.6. The number of aryl methyl sites for hydroxylation is 1. The van der Waals surface area contributed by atoms with Gasteiger partial charge in [0.25, 0.3) is 0 Å². The number of carbonyl (C=O) groups excluding carboxylic acids is 2. The van der Waals surface area contributed by atoms with Gasteiger partial charge in [0.05, 0.1) is 12.1 Å². The van der Waals surface area contributed by atoms with Crippen molar-refractivity contribution in [2.45, 2.75) is 26.2 Å². The molecule has 9 heteroatoms. The van der Waals surface area contributed by atoms with Crippen LogP contribution in [0.3, 0.4) is 0 Å². The van der Waals surface area contributed by atoms with Gasteiger partial charge in [0.2, 0.25) is 11.8 Å². The predicted molar refractivity (Wildman–Crippen MR) is 108 cm³/mol. The highest BCUT2D eigenvalue weighted by Gasteiger charge is 2.28. The van der Waals surface area contributed by atoms with E-state index < -0.39 is 0 Å².